The number of nitrogens with zero attached hydrogens (tertiary/aromatic N) is 1. The first-order valence-corrected chi connectivity index (χ1v) is 8.75. The molecule has 0 spiro atoms. The van der Waals surface area contributed by atoms with Crippen LogP contribution in [0.3, 0.4) is 0 Å². The van der Waals surface area contributed by atoms with Gasteiger partial charge in [0.2, 0.25) is 5.91 Å². The first kappa shape index (κ1) is 17.4. The van der Waals surface area contributed by atoms with Crippen LogP contribution in [0.2, 0.25) is 0 Å². The largest absolute Gasteiger partial charge is 0.325 e. The Morgan fingerprint density at radius 3 is 2.40 bits per heavy atom. The van der Waals surface area contributed by atoms with Crippen LogP contribution in [0.4, 0.5) is 5.69 Å². The Balaban J connectivity index is 1.58. The van der Waals surface area contributed by atoms with Crippen LogP contribution in [0, 0.1) is 0 Å². The van der Waals surface area contributed by atoms with Gasteiger partial charge in [-0.3, -0.25) is 14.5 Å². The van der Waals surface area contributed by atoms with Gasteiger partial charge in [-0.1, -0.05) is 30.3 Å². The maximum absolute atomic E-state index is 12.5. The minimum absolute atomic E-state index is 0.00992. The molecule has 2 atom stereocenters. The third-order valence-electron chi connectivity index (χ3n) is 4.98. The second-order valence-corrected chi connectivity index (χ2v) is 6.69. The summed E-state index contributed by atoms with van der Waals surface area (Å²) in [5, 5.41) is 2.95. The summed E-state index contributed by atoms with van der Waals surface area (Å²) in [5.41, 5.74) is 2.72. The number of hydrogen-bond donors (Lipinski definition) is 1. The van der Waals surface area contributed by atoms with Gasteiger partial charge in [0.25, 0.3) is 0 Å². The molecule has 2 aromatic rings. The molecule has 4 nitrogen and oxygen atoms in total. The topological polar surface area (TPSA) is 49.4 Å². The molecule has 1 amide bonds. The highest BCUT2D eigenvalue weighted by Crippen LogP contribution is 2.28. The van der Waals surface area contributed by atoms with E-state index in [0.29, 0.717) is 11.5 Å². The van der Waals surface area contributed by atoms with Gasteiger partial charge < -0.3 is 5.32 Å². The molecular weight excluding hydrogens is 312 g/mol. The van der Waals surface area contributed by atoms with E-state index in [9.17, 15) is 9.59 Å². The number of hydrogen-bond acceptors (Lipinski definition) is 3. The number of benzene rings is 2. The third kappa shape index (κ3) is 4.15. The lowest BCUT2D eigenvalue weighted by molar-refractivity contribution is -0.120. The molecular formula is C21H24N2O2. The fraction of sp³-hybridized carbons (Fsp3) is 0.333. The number of ketones is 1. The second-order valence-electron chi connectivity index (χ2n) is 6.69. The van der Waals surface area contributed by atoms with Crippen LogP contribution in [0.5, 0.6) is 0 Å². The minimum Gasteiger partial charge on any atom is -0.325 e. The van der Waals surface area contributed by atoms with E-state index < -0.39 is 0 Å². The molecule has 1 aliphatic heterocycles. The Kier molecular flexibility index (Phi) is 5.29. The summed E-state index contributed by atoms with van der Waals surface area (Å²) >= 11 is 0. The molecule has 4 heteroatoms. The van der Waals surface area contributed by atoms with Crippen LogP contribution in [0.1, 0.15) is 42.1 Å². The lowest BCUT2D eigenvalue weighted by atomic mass is 9.99. The Hall–Kier alpha value is -2.46. The van der Waals surface area contributed by atoms with E-state index in [0.717, 1.165) is 25.2 Å². The molecule has 0 bridgehead atoms. The molecule has 0 saturated carbocycles. The van der Waals surface area contributed by atoms with Crippen molar-refractivity contribution in [3.63, 3.8) is 0 Å². The maximum Gasteiger partial charge on any atom is 0.241 e. The van der Waals surface area contributed by atoms with Crippen LogP contribution >= 0.6 is 0 Å². The third-order valence-corrected chi connectivity index (χ3v) is 4.98. The lowest BCUT2D eigenvalue weighted by Gasteiger charge is -2.23. The van der Waals surface area contributed by atoms with Crippen LogP contribution in [0.25, 0.3) is 0 Å². The van der Waals surface area contributed by atoms with Crippen molar-refractivity contribution in [1.82, 2.24) is 4.90 Å². The van der Waals surface area contributed by atoms with Crippen molar-refractivity contribution in [3.05, 3.63) is 65.7 Å². The van der Waals surface area contributed by atoms with Crippen molar-refractivity contribution >= 4 is 17.4 Å². The van der Waals surface area contributed by atoms with Gasteiger partial charge in [-0.05, 0) is 62.6 Å². The van der Waals surface area contributed by atoms with Crippen LogP contribution in [-0.2, 0) is 4.79 Å². The summed E-state index contributed by atoms with van der Waals surface area (Å²) in [7, 11) is 0. The molecule has 25 heavy (non-hydrogen) atoms. The van der Waals surface area contributed by atoms with E-state index in [1.165, 1.54) is 12.5 Å². The average molecular weight is 336 g/mol. The van der Waals surface area contributed by atoms with Crippen molar-refractivity contribution in [1.29, 1.82) is 0 Å². The molecule has 1 fully saturated rings. The second kappa shape index (κ2) is 7.62. The number of rotatable bonds is 5. The highest BCUT2D eigenvalue weighted by atomic mass is 16.2. The molecule has 130 valence electrons. The van der Waals surface area contributed by atoms with E-state index >= 15 is 0 Å². The van der Waals surface area contributed by atoms with Crippen LogP contribution in [-0.4, -0.2) is 35.7 Å². The zero-order valence-corrected chi connectivity index (χ0v) is 14.7. The first-order valence-electron chi connectivity index (χ1n) is 8.75. The normalized spacial score (nSPS) is 18.7. The van der Waals surface area contributed by atoms with Gasteiger partial charge in [0, 0.05) is 17.8 Å². The first-order chi connectivity index (χ1) is 12.0. The summed E-state index contributed by atoms with van der Waals surface area (Å²) in [6.45, 7) is 5.32. The smallest absolute Gasteiger partial charge is 0.241 e. The maximum atomic E-state index is 12.5. The summed E-state index contributed by atoms with van der Waals surface area (Å²) < 4.78 is 0. The Labute approximate surface area is 148 Å². The van der Waals surface area contributed by atoms with Gasteiger partial charge in [-0.2, -0.15) is 0 Å². The van der Waals surface area contributed by atoms with Crippen LogP contribution < -0.4 is 5.32 Å². The quantitative estimate of drug-likeness (QED) is 0.847. The Bertz CT molecular complexity index is 740. The molecule has 0 unspecified atom stereocenters. The van der Waals surface area contributed by atoms with Gasteiger partial charge in [0.1, 0.15) is 0 Å². The number of Topliss-reactive ketones (excluding diaryl/α,β-unsaturated/α-hetero) is 1. The lowest BCUT2D eigenvalue weighted by Crippen LogP contribution is -2.40. The van der Waals surface area contributed by atoms with E-state index in [-0.39, 0.29) is 17.7 Å². The zero-order chi connectivity index (χ0) is 17.8. The van der Waals surface area contributed by atoms with Crippen LogP contribution in [0.15, 0.2) is 54.6 Å². The molecule has 1 aliphatic rings. The van der Waals surface area contributed by atoms with Gasteiger partial charge in [0.05, 0.1) is 6.04 Å². The molecule has 3 rings (SSSR count). The molecule has 1 saturated heterocycles. The van der Waals surface area contributed by atoms with Gasteiger partial charge in [0.15, 0.2) is 5.78 Å². The number of carbonyl (C=O) groups is 2. The number of amides is 1. The van der Waals surface area contributed by atoms with Gasteiger partial charge in [-0.25, -0.2) is 0 Å². The fourth-order valence-electron chi connectivity index (χ4n) is 3.34. The molecule has 0 aliphatic carbocycles. The Morgan fingerprint density at radius 2 is 1.76 bits per heavy atom. The predicted molar refractivity (Wildman–Crippen MR) is 99.9 cm³/mol. The molecule has 1 N–H and O–H groups in total. The number of likely N-dealkylation sites (tertiary alicyclic amines) is 1. The number of anilines is 1. The SMILES string of the molecule is CC(=O)c1ccc(NC(=O)[C@@H](C)N2CC[C@H](c3ccccc3)C2)cc1. The molecule has 2 aromatic carbocycles. The predicted octanol–water partition coefficient (Wildman–Crippen LogP) is 3.71. The van der Waals surface area contributed by atoms with E-state index in [2.05, 4.69) is 34.5 Å². The summed E-state index contributed by atoms with van der Waals surface area (Å²) in [4.78, 5) is 26.1. The number of nitrogens with one attached hydrogen (secondary N) is 1. The highest BCUT2D eigenvalue weighted by Gasteiger charge is 2.30. The summed E-state index contributed by atoms with van der Waals surface area (Å²) in [6.07, 6.45) is 1.08. The zero-order valence-electron chi connectivity index (χ0n) is 14.7. The van der Waals surface area contributed by atoms with Crippen molar-refractivity contribution < 1.29 is 9.59 Å². The van der Waals surface area contributed by atoms with Crippen molar-refractivity contribution in [3.8, 4) is 0 Å². The summed E-state index contributed by atoms with van der Waals surface area (Å²) in [5.74, 6) is 0.505. The molecule has 0 aromatic heterocycles. The van der Waals surface area contributed by atoms with Gasteiger partial charge >= 0.3 is 0 Å². The number of carbonyl (C=O) groups excluding carboxylic acids is 2. The van der Waals surface area contributed by atoms with Crippen molar-refractivity contribution in [2.45, 2.75) is 32.2 Å². The van der Waals surface area contributed by atoms with E-state index in [4.69, 9.17) is 0 Å². The minimum atomic E-state index is -0.179. The van der Waals surface area contributed by atoms with Gasteiger partial charge in [-0.15, -0.1) is 0 Å². The summed E-state index contributed by atoms with van der Waals surface area (Å²) in [6, 6.07) is 17.3. The standard InChI is InChI=1S/C21H24N2O2/c1-15(21(25)22-20-10-8-17(9-11-20)16(2)24)23-13-12-19(14-23)18-6-4-3-5-7-18/h3-11,15,19H,12-14H2,1-2H3,(H,22,25)/t15-,19+/m1/s1. The monoisotopic (exact) mass is 336 g/mol. The highest BCUT2D eigenvalue weighted by molar-refractivity contribution is 5.97. The van der Waals surface area contributed by atoms with E-state index in [1.54, 1.807) is 24.3 Å². The fourth-order valence-corrected chi connectivity index (χ4v) is 3.34. The molecule has 0 radical (unpaired) electrons. The average Bonchev–Trinajstić information content (AvgIpc) is 3.12. The van der Waals surface area contributed by atoms with Crippen molar-refractivity contribution in [2.75, 3.05) is 18.4 Å². The Morgan fingerprint density at radius 1 is 1.08 bits per heavy atom. The molecule has 1 heterocycles. The van der Waals surface area contributed by atoms with Crippen molar-refractivity contribution in [2.24, 2.45) is 0 Å². The van der Waals surface area contributed by atoms with E-state index in [1.807, 2.05) is 13.0 Å².